The number of aromatic hydroxyl groups is 1. The fraction of sp³-hybridized carbons (Fsp3) is 0.300. The molecule has 6 aromatic rings. The lowest BCUT2D eigenvalue weighted by Gasteiger charge is -2.12. The molecule has 0 unspecified atom stereocenters. The smallest absolute Gasteiger partial charge is 0.420 e. The number of esters is 2. The number of fused-ring (bicyclic) bond motifs is 2. The number of oxazole rings is 2. The van der Waals surface area contributed by atoms with Crippen LogP contribution in [0, 0.1) is 13.8 Å². The molecule has 0 radical (unpaired) electrons. The molecule has 0 aliphatic carbocycles. The summed E-state index contributed by atoms with van der Waals surface area (Å²) in [6.07, 6.45) is 0. The Morgan fingerprint density at radius 2 is 1.16 bits per heavy atom. The molecule has 292 valence electrons. The lowest BCUT2D eigenvalue weighted by Crippen LogP contribution is -2.16. The first kappa shape index (κ1) is 41.8. The minimum absolute atomic E-state index is 0.0708. The van der Waals surface area contributed by atoms with Crippen LogP contribution in [-0.4, -0.2) is 65.5 Å². The van der Waals surface area contributed by atoms with Crippen LogP contribution in [0.25, 0.3) is 22.2 Å². The molecule has 0 atom stereocenters. The maximum absolute atomic E-state index is 12.2. The van der Waals surface area contributed by atoms with Gasteiger partial charge < -0.3 is 37.6 Å². The van der Waals surface area contributed by atoms with E-state index in [9.17, 15) is 24.3 Å². The van der Waals surface area contributed by atoms with E-state index in [2.05, 4.69) is 20.7 Å². The predicted octanol–water partition coefficient (Wildman–Crippen LogP) is 6.51. The van der Waals surface area contributed by atoms with Crippen LogP contribution in [0.3, 0.4) is 0 Å². The van der Waals surface area contributed by atoms with Crippen molar-refractivity contribution in [3.8, 4) is 23.0 Å². The largest absolute Gasteiger partial charge is 0.504 e. The van der Waals surface area contributed by atoms with E-state index in [1.165, 1.54) is 14.2 Å². The second kappa shape index (κ2) is 19.9. The van der Waals surface area contributed by atoms with Crippen molar-refractivity contribution in [2.24, 2.45) is 0 Å². The Hall–Kier alpha value is -5.96. The molecule has 0 aliphatic heterocycles. The normalized spacial score (nSPS) is 10.5. The van der Waals surface area contributed by atoms with E-state index in [4.69, 9.17) is 27.8 Å². The summed E-state index contributed by atoms with van der Waals surface area (Å²) in [5, 5.41) is 9.90. The van der Waals surface area contributed by atoms with E-state index in [-0.39, 0.29) is 18.3 Å². The van der Waals surface area contributed by atoms with Gasteiger partial charge >= 0.3 is 23.5 Å². The fourth-order valence-electron chi connectivity index (χ4n) is 5.30. The van der Waals surface area contributed by atoms with Crippen molar-refractivity contribution in [2.75, 3.05) is 39.4 Å². The van der Waals surface area contributed by atoms with Gasteiger partial charge in [-0.2, -0.15) is 0 Å². The van der Waals surface area contributed by atoms with E-state index in [1.807, 2.05) is 44.2 Å². The number of methoxy groups -OCH3 is 2. The summed E-state index contributed by atoms with van der Waals surface area (Å²) in [5.41, 5.74) is 6.38. The summed E-state index contributed by atoms with van der Waals surface area (Å²) in [7, 11) is 3.00. The summed E-state index contributed by atoms with van der Waals surface area (Å²) in [4.78, 5) is 45.8. The molecule has 6 rings (SSSR count). The van der Waals surface area contributed by atoms with Gasteiger partial charge in [-0.3, -0.25) is 13.9 Å². The Labute approximate surface area is 324 Å². The van der Waals surface area contributed by atoms with E-state index in [0.29, 0.717) is 60.0 Å². The molecule has 0 saturated carbocycles. The monoisotopic (exact) mass is 822 g/mol. The lowest BCUT2D eigenvalue weighted by atomic mass is 10.2. The van der Waals surface area contributed by atoms with Crippen molar-refractivity contribution in [3.63, 3.8) is 0 Å². The highest BCUT2D eigenvalue weighted by Crippen LogP contribution is 2.29. The van der Waals surface area contributed by atoms with Crippen molar-refractivity contribution in [1.29, 1.82) is 0 Å². The Balaban J connectivity index is 0.000000213. The molecular formula is C40H43BrN2O12. The summed E-state index contributed by atoms with van der Waals surface area (Å²) in [5.74, 6) is -0.132. The number of hydrogen-bond donors (Lipinski definition) is 1. The van der Waals surface area contributed by atoms with Crippen LogP contribution in [0.4, 0.5) is 0 Å². The third-order valence-electron chi connectivity index (χ3n) is 7.86. The topological polar surface area (TPSA) is 171 Å². The van der Waals surface area contributed by atoms with Crippen molar-refractivity contribution in [1.82, 2.24) is 9.13 Å². The number of ether oxygens (including phenoxy) is 5. The van der Waals surface area contributed by atoms with Crippen LogP contribution in [0.1, 0.15) is 36.1 Å². The minimum Gasteiger partial charge on any atom is -0.504 e. The lowest BCUT2D eigenvalue weighted by molar-refractivity contribution is -0.145. The number of phenols is 1. The number of aryl methyl sites for hydroxylation is 2. The second-order valence-corrected chi connectivity index (χ2v) is 12.4. The third kappa shape index (κ3) is 11.3. The molecule has 55 heavy (non-hydrogen) atoms. The molecule has 0 saturated heterocycles. The standard InChI is InChI=1S/C20H21NO6.C16H15NO4.C4H7BrO2/c1-4-25-19(22)12-26-17-8-6-14(10-18(17)24-3)11-21-15-9-13(2)5-7-16(15)27-20(21)23;1-10-3-6-14-12(7-10)17(16(19)21-14)9-11-4-5-13(18)15(8-11)20-2;1-2-7-4(6)3-5/h5-10H,4,11-12H2,1-3H3;3-8,18H,9H2,1-2H3;2-3H2,1H3. The van der Waals surface area contributed by atoms with Crippen LogP contribution in [0.5, 0.6) is 23.0 Å². The molecule has 0 amide bonds. The molecular weight excluding hydrogens is 780 g/mol. The molecule has 0 fully saturated rings. The molecule has 0 aliphatic rings. The third-order valence-corrected chi connectivity index (χ3v) is 8.32. The van der Waals surface area contributed by atoms with Crippen molar-refractivity contribution < 1.29 is 47.2 Å². The van der Waals surface area contributed by atoms with Crippen molar-refractivity contribution >= 4 is 50.1 Å². The zero-order valence-corrected chi connectivity index (χ0v) is 33.0. The number of rotatable bonds is 12. The van der Waals surface area contributed by atoms with E-state index < -0.39 is 17.5 Å². The molecule has 0 spiro atoms. The maximum Gasteiger partial charge on any atom is 0.420 e. The average molecular weight is 824 g/mol. The molecule has 14 nitrogen and oxygen atoms in total. The fourth-order valence-corrected chi connectivity index (χ4v) is 5.46. The number of nitrogens with zero attached hydrogens (tertiary/aromatic N) is 2. The number of carbonyl (C=O) groups excluding carboxylic acids is 2. The van der Waals surface area contributed by atoms with Crippen LogP contribution >= 0.6 is 15.9 Å². The van der Waals surface area contributed by atoms with Crippen molar-refractivity contribution in [3.05, 3.63) is 116 Å². The highest BCUT2D eigenvalue weighted by Gasteiger charge is 2.14. The number of halogens is 1. The number of alkyl halides is 1. The number of aromatic nitrogens is 2. The second-order valence-electron chi connectivity index (χ2n) is 11.9. The van der Waals surface area contributed by atoms with Gasteiger partial charge in [-0.1, -0.05) is 40.2 Å². The number of hydrogen-bond acceptors (Lipinski definition) is 12. The summed E-state index contributed by atoms with van der Waals surface area (Å²) in [6, 6.07) is 21.5. The minimum atomic E-state index is -0.449. The van der Waals surface area contributed by atoms with Gasteiger partial charge in [0.2, 0.25) is 0 Å². The highest BCUT2D eigenvalue weighted by molar-refractivity contribution is 9.09. The Kier molecular flexibility index (Phi) is 15.1. The molecule has 1 N–H and O–H groups in total. The first-order chi connectivity index (χ1) is 26.4. The van der Waals surface area contributed by atoms with E-state index in [1.54, 1.807) is 65.4 Å². The maximum atomic E-state index is 12.2. The van der Waals surface area contributed by atoms with Gasteiger partial charge in [0, 0.05) is 0 Å². The number of carbonyl (C=O) groups is 2. The Morgan fingerprint density at radius 3 is 1.64 bits per heavy atom. The van der Waals surface area contributed by atoms with E-state index >= 15 is 0 Å². The summed E-state index contributed by atoms with van der Waals surface area (Å²) < 4.78 is 38.9. The van der Waals surface area contributed by atoms with Gasteiger partial charge in [0.25, 0.3) is 0 Å². The molecule has 15 heteroatoms. The SMILES string of the molecule is CCOC(=O)CBr.CCOC(=O)COc1ccc(Cn2c(=O)oc3ccc(C)cc32)cc1OC.COc1cc(Cn2c(=O)oc3ccc(C)cc32)ccc1O. The zero-order chi connectivity index (χ0) is 40.1. The predicted molar refractivity (Wildman–Crippen MR) is 209 cm³/mol. The van der Waals surface area contributed by atoms with Gasteiger partial charge in [-0.15, -0.1) is 0 Å². The summed E-state index contributed by atoms with van der Waals surface area (Å²) in [6.45, 7) is 8.67. The van der Waals surface area contributed by atoms with Gasteiger partial charge in [0.15, 0.2) is 40.8 Å². The highest BCUT2D eigenvalue weighted by atomic mass is 79.9. The molecule has 4 aromatic carbocycles. The van der Waals surface area contributed by atoms with Gasteiger partial charge in [0.1, 0.15) is 5.33 Å². The molecule has 2 aromatic heterocycles. The first-order valence-electron chi connectivity index (χ1n) is 17.1. The van der Waals surface area contributed by atoms with Gasteiger partial charge in [-0.05, 0) is 98.5 Å². The van der Waals surface area contributed by atoms with Gasteiger partial charge in [-0.25, -0.2) is 14.4 Å². The summed E-state index contributed by atoms with van der Waals surface area (Å²) >= 11 is 2.94. The quantitative estimate of drug-likeness (QED) is 0.105. The van der Waals surface area contributed by atoms with Crippen LogP contribution < -0.4 is 25.7 Å². The van der Waals surface area contributed by atoms with Crippen LogP contribution in [0.2, 0.25) is 0 Å². The van der Waals surface area contributed by atoms with Gasteiger partial charge in [0.05, 0.1) is 51.6 Å². The first-order valence-corrected chi connectivity index (χ1v) is 18.3. The number of phenolic OH excluding ortho intramolecular Hbond substituents is 1. The Bertz CT molecular complexity index is 2350. The molecule has 0 bridgehead atoms. The van der Waals surface area contributed by atoms with Crippen LogP contribution in [0.15, 0.2) is 91.2 Å². The molecule has 2 heterocycles. The number of benzene rings is 4. The van der Waals surface area contributed by atoms with Crippen LogP contribution in [-0.2, 0) is 32.2 Å². The Morgan fingerprint density at radius 1 is 0.673 bits per heavy atom. The van der Waals surface area contributed by atoms with E-state index in [0.717, 1.165) is 33.3 Å². The van der Waals surface area contributed by atoms with Crippen molar-refractivity contribution in [2.45, 2.75) is 40.8 Å². The average Bonchev–Trinajstić information content (AvgIpc) is 3.65. The zero-order valence-electron chi connectivity index (χ0n) is 31.4.